The van der Waals surface area contributed by atoms with Gasteiger partial charge in [0.15, 0.2) is 0 Å². The fourth-order valence-electron chi connectivity index (χ4n) is 5.10. The number of nitriles is 1. The summed E-state index contributed by atoms with van der Waals surface area (Å²) in [6.45, 7) is 4.03. The van der Waals surface area contributed by atoms with Gasteiger partial charge in [-0.25, -0.2) is 4.39 Å². The quantitative estimate of drug-likeness (QED) is 0.296. The first-order valence-corrected chi connectivity index (χ1v) is 12.9. The highest BCUT2D eigenvalue weighted by atomic mass is 19.4. The highest BCUT2D eigenvalue weighted by Crippen LogP contribution is 2.37. The van der Waals surface area contributed by atoms with Crippen molar-refractivity contribution >= 4 is 11.8 Å². The van der Waals surface area contributed by atoms with Gasteiger partial charge in [0.1, 0.15) is 11.9 Å². The van der Waals surface area contributed by atoms with Crippen molar-refractivity contribution in [1.82, 2.24) is 10.2 Å². The molecule has 1 N–H and O–H groups in total. The van der Waals surface area contributed by atoms with Crippen LogP contribution in [0.3, 0.4) is 0 Å². The van der Waals surface area contributed by atoms with Gasteiger partial charge in [0.05, 0.1) is 17.0 Å². The maximum atomic E-state index is 14.0. The molecule has 1 heterocycles. The Labute approximate surface area is 220 Å². The number of carbonyl (C=O) groups is 2. The third kappa shape index (κ3) is 6.72. The lowest BCUT2D eigenvalue weighted by Gasteiger charge is -2.31. The second-order valence-electron chi connectivity index (χ2n) is 10.1. The molecule has 2 amide bonds. The van der Waals surface area contributed by atoms with E-state index in [1.54, 1.807) is 0 Å². The van der Waals surface area contributed by atoms with Gasteiger partial charge in [-0.3, -0.25) is 9.59 Å². The molecule has 3 rings (SSSR count). The van der Waals surface area contributed by atoms with Crippen molar-refractivity contribution in [3.8, 4) is 6.07 Å². The number of hydrogen-bond donors (Lipinski definition) is 1. The van der Waals surface area contributed by atoms with E-state index in [-0.39, 0.29) is 23.8 Å². The first-order valence-electron chi connectivity index (χ1n) is 12.9. The largest absolute Gasteiger partial charge is 0.416 e. The number of amides is 2. The van der Waals surface area contributed by atoms with Crippen LogP contribution in [0.1, 0.15) is 69.1 Å². The van der Waals surface area contributed by atoms with Crippen molar-refractivity contribution in [2.75, 3.05) is 6.54 Å². The topological polar surface area (TPSA) is 73.2 Å². The zero-order valence-electron chi connectivity index (χ0n) is 21.7. The van der Waals surface area contributed by atoms with E-state index in [1.807, 2.05) is 44.2 Å². The highest BCUT2D eigenvalue weighted by molar-refractivity contribution is 5.88. The van der Waals surface area contributed by atoms with Crippen LogP contribution in [-0.2, 0) is 27.7 Å². The van der Waals surface area contributed by atoms with Crippen LogP contribution in [0, 0.1) is 23.1 Å². The number of hydrogen-bond acceptors (Lipinski definition) is 3. The number of alkyl halides is 3. The van der Waals surface area contributed by atoms with Crippen molar-refractivity contribution in [2.45, 2.75) is 76.6 Å². The van der Waals surface area contributed by atoms with Crippen LogP contribution in [0.15, 0.2) is 48.5 Å². The third-order valence-corrected chi connectivity index (χ3v) is 7.39. The standard InChI is InChI=1S/C29H33F4N3O2/c1-20(2)28(19-34,22-9-4-3-5-10-22)15-7-6-12-26(37)36-16-8-11-25(36)27(38)35-18-21-17-23(29(31,32)33)13-14-24(21)30/h3-5,9-10,13-14,17,20,25H,6-8,11-12,15-16,18H2,1-2H3,(H,35,38)/t25-,28?/m1/s1. The fourth-order valence-corrected chi connectivity index (χ4v) is 5.10. The Hall–Kier alpha value is -3.41. The monoisotopic (exact) mass is 531 g/mol. The van der Waals surface area contributed by atoms with Crippen molar-refractivity contribution in [2.24, 2.45) is 5.92 Å². The molecule has 5 nitrogen and oxygen atoms in total. The molecule has 38 heavy (non-hydrogen) atoms. The van der Waals surface area contributed by atoms with E-state index < -0.39 is 41.5 Å². The molecule has 1 aliphatic heterocycles. The number of unbranched alkanes of at least 4 members (excludes halogenated alkanes) is 1. The third-order valence-electron chi connectivity index (χ3n) is 7.39. The maximum Gasteiger partial charge on any atom is 0.416 e. The number of nitrogens with one attached hydrogen (secondary N) is 1. The molecule has 2 aromatic carbocycles. The summed E-state index contributed by atoms with van der Waals surface area (Å²) in [5.74, 6) is -1.46. The molecule has 1 unspecified atom stereocenters. The molecule has 0 aliphatic carbocycles. The van der Waals surface area contributed by atoms with Crippen LogP contribution >= 0.6 is 0 Å². The summed E-state index contributed by atoms with van der Waals surface area (Å²) in [6.07, 6.45) is -1.52. The number of halogens is 4. The van der Waals surface area contributed by atoms with Crippen molar-refractivity contribution in [3.05, 3.63) is 71.0 Å². The van der Waals surface area contributed by atoms with Gasteiger partial charge in [-0.1, -0.05) is 50.6 Å². The summed E-state index contributed by atoms with van der Waals surface area (Å²) in [5.41, 5.74) is -0.962. The molecule has 0 aromatic heterocycles. The second kappa shape index (κ2) is 12.4. The minimum Gasteiger partial charge on any atom is -0.350 e. The number of rotatable bonds is 10. The van der Waals surface area contributed by atoms with Crippen LogP contribution < -0.4 is 5.32 Å². The Balaban J connectivity index is 1.55. The van der Waals surface area contributed by atoms with Gasteiger partial charge in [0, 0.05) is 25.1 Å². The predicted octanol–water partition coefficient (Wildman–Crippen LogP) is 6.13. The number of nitrogens with zero attached hydrogens (tertiary/aromatic N) is 2. The molecule has 1 saturated heterocycles. The van der Waals surface area contributed by atoms with E-state index >= 15 is 0 Å². The normalized spacial score (nSPS) is 17.2. The van der Waals surface area contributed by atoms with Crippen LogP contribution in [0.25, 0.3) is 0 Å². The first-order chi connectivity index (χ1) is 18.0. The smallest absolute Gasteiger partial charge is 0.350 e. The number of likely N-dealkylation sites (tertiary alicyclic amines) is 1. The summed E-state index contributed by atoms with van der Waals surface area (Å²) < 4.78 is 52.9. The zero-order valence-corrected chi connectivity index (χ0v) is 21.7. The Morgan fingerprint density at radius 2 is 1.82 bits per heavy atom. The Morgan fingerprint density at radius 1 is 1.11 bits per heavy atom. The minimum absolute atomic E-state index is 0.0823. The van der Waals surface area contributed by atoms with Crippen LogP contribution in [0.5, 0.6) is 0 Å². The van der Waals surface area contributed by atoms with Gasteiger partial charge in [0.2, 0.25) is 11.8 Å². The second-order valence-corrected chi connectivity index (χ2v) is 10.1. The van der Waals surface area contributed by atoms with Crippen molar-refractivity contribution in [1.29, 1.82) is 5.26 Å². The van der Waals surface area contributed by atoms with E-state index in [0.717, 1.165) is 11.6 Å². The molecular weight excluding hydrogens is 498 g/mol. The van der Waals surface area contributed by atoms with Gasteiger partial charge in [-0.2, -0.15) is 18.4 Å². The molecule has 0 spiro atoms. The van der Waals surface area contributed by atoms with Crippen LogP contribution in [0.2, 0.25) is 0 Å². The summed E-state index contributed by atoms with van der Waals surface area (Å²) in [4.78, 5) is 27.2. The molecule has 1 aliphatic rings. The molecule has 0 radical (unpaired) electrons. The first kappa shape index (κ1) is 29.2. The maximum absolute atomic E-state index is 14.0. The molecule has 2 aromatic rings. The Bertz CT molecular complexity index is 1160. The lowest BCUT2D eigenvalue weighted by Crippen LogP contribution is -2.45. The highest BCUT2D eigenvalue weighted by Gasteiger charge is 2.37. The molecule has 9 heteroatoms. The molecule has 1 fully saturated rings. The summed E-state index contributed by atoms with van der Waals surface area (Å²) in [6, 6.07) is 13.5. The zero-order chi connectivity index (χ0) is 27.9. The number of benzene rings is 2. The average molecular weight is 532 g/mol. The summed E-state index contributed by atoms with van der Waals surface area (Å²) in [7, 11) is 0. The molecule has 204 valence electrons. The van der Waals surface area contributed by atoms with Gasteiger partial charge in [-0.05, 0) is 55.4 Å². The minimum atomic E-state index is -4.62. The van der Waals surface area contributed by atoms with Gasteiger partial charge in [0.25, 0.3) is 0 Å². The number of carbonyl (C=O) groups excluding carboxylic acids is 2. The van der Waals surface area contributed by atoms with E-state index in [4.69, 9.17) is 0 Å². The predicted molar refractivity (Wildman–Crippen MR) is 135 cm³/mol. The lowest BCUT2D eigenvalue weighted by atomic mass is 9.69. The average Bonchev–Trinajstić information content (AvgIpc) is 3.38. The summed E-state index contributed by atoms with van der Waals surface area (Å²) in [5, 5.41) is 12.5. The van der Waals surface area contributed by atoms with Crippen molar-refractivity contribution < 1.29 is 27.2 Å². The lowest BCUT2D eigenvalue weighted by molar-refractivity contribution is -0.138. The van der Waals surface area contributed by atoms with E-state index in [1.165, 1.54) is 4.90 Å². The van der Waals surface area contributed by atoms with Crippen LogP contribution in [-0.4, -0.2) is 29.3 Å². The van der Waals surface area contributed by atoms with Crippen LogP contribution in [0.4, 0.5) is 17.6 Å². The molecule has 0 bridgehead atoms. The molecule has 0 saturated carbocycles. The molecule has 2 atom stereocenters. The van der Waals surface area contributed by atoms with E-state index in [2.05, 4.69) is 11.4 Å². The fraction of sp³-hybridized carbons (Fsp3) is 0.483. The molecular formula is C29H33F4N3O2. The Kier molecular flexibility index (Phi) is 9.53. The SMILES string of the molecule is CC(C)C(C#N)(CCCCC(=O)N1CCC[C@@H]1C(=O)NCc1cc(C(F)(F)F)ccc1F)c1ccccc1. The van der Waals surface area contributed by atoms with Crippen molar-refractivity contribution in [3.63, 3.8) is 0 Å². The Morgan fingerprint density at radius 3 is 2.45 bits per heavy atom. The van der Waals surface area contributed by atoms with Gasteiger partial charge >= 0.3 is 6.18 Å². The summed E-state index contributed by atoms with van der Waals surface area (Å²) >= 11 is 0. The van der Waals surface area contributed by atoms with E-state index in [0.29, 0.717) is 50.8 Å². The van der Waals surface area contributed by atoms with Gasteiger partial charge < -0.3 is 10.2 Å². The van der Waals surface area contributed by atoms with E-state index in [9.17, 15) is 32.4 Å². The van der Waals surface area contributed by atoms with Gasteiger partial charge in [-0.15, -0.1) is 0 Å².